The molecule has 0 aliphatic carbocycles. The average Bonchev–Trinajstić information content (AvgIpc) is 3.14. The van der Waals surface area contributed by atoms with E-state index >= 15 is 0 Å². The number of anilines is 1. The first kappa shape index (κ1) is 18.7. The van der Waals surface area contributed by atoms with Crippen molar-refractivity contribution in [3.8, 4) is 0 Å². The lowest BCUT2D eigenvalue weighted by molar-refractivity contribution is -0.141. The lowest BCUT2D eigenvalue weighted by Gasteiger charge is -2.09. The molecular weight excluding hydrogens is 359 g/mol. The second-order valence-corrected chi connectivity index (χ2v) is 6.23. The fourth-order valence-electron chi connectivity index (χ4n) is 2.70. The molecule has 0 bridgehead atoms. The van der Waals surface area contributed by atoms with E-state index in [4.69, 9.17) is 0 Å². The summed E-state index contributed by atoms with van der Waals surface area (Å²) >= 11 is 0. The van der Waals surface area contributed by atoms with Gasteiger partial charge in [-0.2, -0.15) is 23.4 Å². The fraction of sp³-hybridized carbons (Fsp3) is 0.278. The first-order valence-electron chi connectivity index (χ1n) is 8.21. The molecule has 2 heterocycles. The third-order valence-corrected chi connectivity index (χ3v) is 3.88. The summed E-state index contributed by atoms with van der Waals surface area (Å²) in [4.78, 5) is 12.1. The fourth-order valence-corrected chi connectivity index (χ4v) is 2.70. The van der Waals surface area contributed by atoms with E-state index in [9.17, 15) is 18.0 Å². The molecule has 6 nitrogen and oxygen atoms in total. The Kier molecular flexibility index (Phi) is 5.02. The molecule has 1 amide bonds. The Balaban J connectivity index is 1.64. The zero-order valence-corrected chi connectivity index (χ0v) is 14.8. The number of rotatable bonds is 5. The molecule has 3 rings (SSSR count). The van der Waals surface area contributed by atoms with Crippen LogP contribution >= 0.6 is 0 Å². The van der Waals surface area contributed by atoms with Gasteiger partial charge in [0.25, 0.3) is 0 Å². The van der Waals surface area contributed by atoms with E-state index in [1.54, 1.807) is 18.2 Å². The Morgan fingerprint density at radius 3 is 2.56 bits per heavy atom. The maximum Gasteiger partial charge on any atom is 0.435 e. The highest BCUT2D eigenvalue weighted by Crippen LogP contribution is 2.27. The van der Waals surface area contributed by atoms with Crippen molar-refractivity contribution in [3.05, 3.63) is 65.2 Å². The highest BCUT2D eigenvalue weighted by Gasteiger charge is 2.33. The molecule has 0 saturated carbocycles. The molecule has 9 heteroatoms. The summed E-state index contributed by atoms with van der Waals surface area (Å²) in [5, 5.41) is 10.4. The molecule has 0 fully saturated rings. The smallest absolute Gasteiger partial charge is 0.324 e. The monoisotopic (exact) mass is 377 g/mol. The number of hydrogen-bond acceptors (Lipinski definition) is 3. The van der Waals surface area contributed by atoms with Gasteiger partial charge < -0.3 is 5.32 Å². The van der Waals surface area contributed by atoms with Gasteiger partial charge in [-0.1, -0.05) is 12.1 Å². The summed E-state index contributed by atoms with van der Waals surface area (Å²) in [6, 6.07) is 10.0. The Bertz CT molecular complexity index is 958. The van der Waals surface area contributed by atoms with Crippen molar-refractivity contribution in [2.75, 3.05) is 5.32 Å². The number of amides is 1. The molecule has 3 aromatic rings. The highest BCUT2D eigenvalue weighted by atomic mass is 19.4. The van der Waals surface area contributed by atoms with Crippen LogP contribution in [0.4, 0.5) is 18.9 Å². The topological polar surface area (TPSA) is 64.7 Å². The summed E-state index contributed by atoms with van der Waals surface area (Å²) in [5.41, 5.74) is 2.43. The van der Waals surface area contributed by atoms with Gasteiger partial charge in [-0.3, -0.25) is 14.2 Å². The molecule has 0 unspecified atom stereocenters. The number of aromatic nitrogens is 4. The number of carbonyl (C=O) groups is 1. The predicted octanol–water partition coefficient (Wildman–Crippen LogP) is 3.40. The Morgan fingerprint density at radius 2 is 1.93 bits per heavy atom. The molecule has 0 aliphatic heterocycles. The number of carbonyl (C=O) groups excluding carboxylic acids is 1. The quantitative estimate of drug-likeness (QED) is 0.741. The van der Waals surface area contributed by atoms with Crippen LogP contribution in [0.25, 0.3) is 0 Å². The van der Waals surface area contributed by atoms with Crippen LogP contribution in [0.15, 0.2) is 42.6 Å². The first-order chi connectivity index (χ1) is 12.7. The molecule has 0 atom stereocenters. The van der Waals surface area contributed by atoms with Crippen molar-refractivity contribution in [1.82, 2.24) is 19.6 Å². The third-order valence-electron chi connectivity index (χ3n) is 3.88. The number of aryl methyl sites for hydroxylation is 2. The van der Waals surface area contributed by atoms with Crippen LogP contribution in [0.5, 0.6) is 0 Å². The Morgan fingerprint density at radius 1 is 1.15 bits per heavy atom. The SMILES string of the molecule is Cc1cc(C)n(Cc2cccc(NC(=O)Cn3ccc(C(F)(F)F)n3)c2)n1. The lowest BCUT2D eigenvalue weighted by atomic mass is 10.2. The van der Waals surface area contributed by atoms with Gasteiger partial charge in [0.05, 0.1) is 12.2 Å². The van der Waals surface area contributed by atoms with Crippen LogP contribution in [0, 0.1) is 13.8 Å². The van der Waals surface area contributed by atoms with Gasteiger partial charge in [0.2, 0.25) is 5.91 Å². The van der Waals surface area contributed by atoms with Crippen molar-refractivity contribution in [3.63, 3.8) is 0 Å². The van der Waals surface area contributed by atoms with Gasteiger partial charge in [-0.05, 0) is 43.7 Å². The number of halogens is 3. The van der Waals surface area contributed by atoms with Crippen LogP contribution in [0.2, 0.25) is 0 Å². The van der Waals surface area contributed by atoms with Crippen molar-refractivity contribution < 1.29 is 18.0 Å². The predicted molar refractivity (Wildman–Crippen MR) is 93.1 cm³/mol. The molecule has 2 aromatic heterocycles. The van der Waals surface area contributed by atoms with E-state index in [1.165, 1.54) is 0 Å². The minimum atomic E-state index is -4.53. The van der Waals surface area contributed by atoms with Crippen molar-refractivity contribution >= 4 is 11.6 Å². The van der Waals surface area contributed by atoms with Crippen molar-refractivity contribution in [2.45, 2.75) is 33.1 Å². The number of hydrogen-bond donors (Lipinski definition) is 1. The van der Waals surface area contributed by atoms with Crippen LogP contribution in [-0.2, 0) is 24.1 Å². The largest absolute Gasteiger partial charge is 0.435 e. The minimum Gasteiger partial charge on any atom is -0.324 e. The molecule has 0 aliphatic rings. The van der Waals surface area contributed by atoms with Crippen molar-refractivity contribution in [1.29, 1.82) is 0 Å². The molecular formula is C18H18F3N5O. The molecule has 0 radical (unpaired) electrons. The van der Waals surface area contributed by atoms with E-state index in [1.807, 2.05) is 30.7 Å². The zero-order valence-electron chi connectivity index (χ0n) is 14.8. The van der Waals surface area contributed by atoms with Crippen LogP contribution in [0.1, 0.15) is 22.6 Å². The molecule has 0 saturated heterocycles. The van der Waals surface area contributed by atoms with E-state index in [0.29, 0.717) is 12.2 Å². The van der Waals surface area contributed by atoms with E-state index in [2.05, 4.69) is 15.5 Å². The zero-order chi connectivity index (χ0) is 19.6. The second kappa shape index (κ2) is 7.26. The standard InChI is InChI=1S/C18H18F3N5O/c1-12-8-13(2)26(23-12)10-14-4-3-5-15(9-14)22-17(27)11-25-7-6-16(24-25)18(19,20)21/h3-9H,10-11H2,1-2H3,(H,22,27). The molecule has 1 aromatic carbocycles. The van der Waals surface area contributed by atoms with Crippen molar-refractivity contribution in [2.24, 2.45) is 0 Å². The van der Waals surface area contributed by atoms with Gasteiger partial charge >= 0.3 is 6.18 Å². The normalized spacial score (nSPS) is 11.6. The van der Waals surface area contributed by atoms with E-state index in [0.717, 1.165) is 33.9 Å². The van der Waals surface area contributed by atoms with E-state index in [-0.39, 0.29) is 6.54 Å². The first-order valence-corrected chi connectivity index (χ1v) is 8.21. The van der Waals surface area contributed by atoms with Gasteiger partial charge in [-0.15, -0.1) is 0 Å². The highest BCUT2D eigenvalue weighted by molar-refractivity contribution is 5.90. The summed E-state index contributed by atoms with van der Waals surface area (Å²) in [7, 11) is 0. The maximum atomic E-state index is 12.6. The minimum absolute atomic E-state index is 0.308. The number of alkyl halides is 3. The average molecular weight is 377 g/mol. The van der Waals surface area contributed by atoms with E-state index < -0.39 is 17.8 Å². The van der Waals surface area contributed by atoms with Crippen LogP contribution in [0.3, 0.4) is 0 Å². The number of benzene rings is 1. The van der Waals surface area contributed by atoms with Crippen LogP contribution in [-0.4, -0.2) is 25.5 Å². The molecule has 142 valence electrons. The Hall–Kier alpha value is -3.10. The summed E-state index contributed by atoms with van der Waals surface area (Å²) < 4.78 is 40.5. The van der Waals surface area contributed by atoms with Crippen LogP contribution < -0.4 is 5.32 Å². The van der Waals surface area contributed by atoms with Gasteiger partial charge in [0.1, 0.15) is 6.54 Å². The molecule has 0 spiro atoms. The lowest BCUT2D eigenvalue weighted by Crippen LogP contribution is -2.20. The summed E-state index contributed by atoms with van der Waals surface area (Å²) in [6.07, 6.45) is -3.40. The molecule has 1 N–H and O–H groups in total. The maximum absolute atomic E-state index is 12.6. The third kappa shape index (κ3) is 4.75. The second-order valence-electron chi connectivity index (χ2n) is 6.23. The Labute approximate surface area is 153 Å². The summed E-state index contributed by atoms with van der Waals surface area (Å²) in [5.74, 6) is -0.463. The molecule has 27 heavy (non-hydrogen) atoms. The summed E-state index contributed by atoms with van der Waals surface area (Å²) in [6.45, 7) is 4.12. The van der Waals surface area contributed by atoms with Gasteiger partial charge in [0.15, 0.2) is 5.69 Å². The van der Waals surface area contributed by atoms with Gasteiger partial charge in [0, 0.05) is 17.6 Å². The van der Waals surface area contributed by atoms with Gasteiger partial charge in [-0.25, -0.2) is 0 Å². The number of nitrogens with one attached hydrogen (secondary N) is 1. The number of nitrogens with zero attached hydrogens (tertiary/aromatic N) is 4.